The van der Waals surface area contributed by atoms with Gasteiger partial charge in [0.05, 0.1) is 19.9 Å². The summed E-state index contributed by atoms with van der Waals surface area (Å²) >= 11 is 0. The Kier molecular flexibility index (Phi) is 4.28. The fourth-order valence-corrected chi connectivity index (χ4v) is 3.46. The number of aromatic nitrogens is 1. The molecule has 1 aliphatic rings. The minimum atomic E-state index is 0.508. The first kappa shape index (κ1) is 15.9. The van der Waals surface area contributed by atoms with E-state index in [1.54, 1.807) is 13.3 Å². The molecule has 3 aromatic rings. The van der Waals surface area contributed by atoms with E-state index in [0.29, 0.717) is 6.04 Å². The van der Waals surface area contributed by atoms with E-state index in [0.717, 1.165) is 42.4 Å². The number of hydrogen-bond acceptors (Lipinski definition) is 4. The Bertz CT molecular complexity index is 829. The van der Waals surface area contributed by atoms with Gasteiger partial charge in [0.1, 0.15) is 5.75 Å². The fourth-order valence-electron chi connectivity index (χ4n) is 3.46. The van der Waals surface area contributed by atoms with Gasteiger partial charge in [0.25, 0.3) is 0 Å². The molecule has 0 N–H and O–H groups in total. The predicted molar refractivity (Wildman–Crippen MR) is 97.6 cm³/mol. The van der Waals surface area contributed by atoms with E-state index in [2.05, 4.69) is 41.2 Å². The van der Waals surface area contributed by atoms with Crippen molar-refractivity contribution in [3.05, 3.63) is 71.7 Å². The maximum atomic E-state index is 5.96. The average Bonchev–Trinajstić information content (AvgIpc) is 3.28. The molecule has 0 saturated carbocycles. The van der Waals surface area contributed by atoms with Crippen molar-refractivity contribution < 1.29 is 9.15 Å². The van der Waals surface area contributed by atoms with Crippen LogP contribution in [0.2, 0.25) is 0 Å². The van der Waals surface area contributed by atoms with Gasteiger partial charge in [-0.1, -0.05) is 24.3 Å². The van der Waals surface area contributed by atoms with Crippen molar-refractivity contribution in [1.82, 2.24) is 9.88 Å². The lowest BCUT2D eigenvalue weighted by Crippen LogP contribution is -2.31. The molecule has 0 atom stereocenters. The molecule has 1 aromatic heterocycles. The van der Waals surface area contributed by atoms with Crippen LogP contribution in [0.25, 0.3) is 11.3 Å². The van der Waals surface area contributed by atoms with E-state index in [1.807, 2.05) is 24.3 Å². The van der Waals surface area contributed by atoms with Gasteiger partial charge in [-0.25, -0.2) is 4.98 Å². The monoisotopic (exact) mass is 334 g/mol. The molecule has 0 aliphatic heterocycles. The molecule has 0 amide bonds. The highest BCUT2D eigenvalue weighted by atomic mass is 16.5. The summed E-state index contributed by atoms with van der Waals surface area (Å²) in [6.07, 6.45) is 3.99. The van der Waals surface area contributed by atoms with Crippen LogP contribution in [0.4, 0.5) is 0 Å². The molecule has 128 valence electrons. The summed E-state index contributed by atoms with van der Waals surface area (Å²) in [5.74, 6) is 2.38. The number of methoxy groups -OCH3 is 1. The maximum Gasteiger partial charge on any atom is 0.209 e. The summed E-state index contributed by atoms with van der Waals surface area (Å²) in [5, 5.41) is 0. The zero-order valence-corrected chi connectivity index (χ0v) is 14.6. The van der Waals surface area contributed by atoms with Crippen LogP contribution in [0.3, 0.4) is 0 Å². The minimum Gasteiger partial charge on any atom is -0.497 e. The molecule has 25 heavy (non-hydrogen) atoms. The number of benzene rings is 2. The lowest BCUT2D eigenvalue weighted by Gasteiger charge is -2.22. The van der Waals surface area contributed by atoms with Crippen LogP contribution in [-0.2, 0) is 19.4 Å². The number of nitrogens with zero attached hydrogens (tertiary/aromatic N) is 2. The van der Waals surface area contributed by atoms with Crippen molar-refractivity contribution in [2.75, 3.05) is 14.2 Å². The van der Waals surface area contributed by atoms with Crippen molar-refractivity contribution in [3.63, 3.8) is 0 Å². The normalized spacial score (nSPS) is 14.0. The van der Waals surface area contributed by atoms with E-state index in [4.69, 9.17) is 9.15 Å². The Morgan fingerprint density at radius 3 is 2.40 bits per heavy atom. The first-order valence-electron chi connectivity index (χ1n) is 8.59. The van der Waals surface area contributed by atoms with Crippen molar-refractivity contribution >= 4 is 0 Å². The Balaban J connectivity index is 1.42. The van der Waals surface area contributed by atoms with Gasteiger partial charge in [0, 0.05) is 11.6 Å². The van der Waals surface area contributed by atoms with Gasteiger partial charge in [-0.3, -0.25) is 4.90 Å². The predicted octanol–water partition coefficient (Wildman–Crippen LogP) is 3.95. The van der Waals surface area contributed by atoms with E-state index < -0.39 is 0 Å². The molecule has 0 unspecified atom stereocenters. The number of fused-ring (bicyclic) bond motifs is 1. The van der Waals surface area contributed by atoms with Crippen LogP contribution >= 0.6 is 0 Å². The summed E-state index contributed by atoms with van der Waals surface area (Å²) in [6.45, 7) is 0.717. The lowest BCUT2D eigenvalue weighted by atomic mass is 10.1. The smallest absolute Gasteiger partial charge is 0.209 e. The second-order valence-electron chi connectivity index (χ2n) is 6.59. The molecule has 1 heterocycles. The summed E-state index contributed by atoms with van der Waals surface area (Å²) in [5.41, 5.74) is 3.94. The maximum absolute atomic E-state index is 5.96. The topological polar surface area (TPSA) is 38.5 Å². The Morgan fingerprint density at radius 1 is 1.08 bits per heavy atom. The number of oxazole rings is 1. The Labute approximate surface area is 148 Å². The fraction of sp³-hybridized carbons (Fsp3) is 0.286. The van der Waals surface area contributed by atoms with Gasteiger partial charge in [-0.05, 0) is 55.3 Å². The zero-order chi connectivity index (χ0) is 17.2. The van der Waals surface area contributed by atoms with E-state index >= 15 is 0 Å². The van der Waals surface area contributed by atoms with Crippen LogP contribution in [-0.4, -0.2) is 30.1 Å². The third kappa shape index (κ3) is 3.30. The Hall–Kier alpha value is -2.59. The number of hydrogen-bond donors (Lipinski definition) is 0. The summed E-state index contributed by atoms with van der Waals surface area (Å²) in [7, 11) is 3.81. The van der Waals surface area contributed by atoms with Crippen molar-refractivity contribution in [2.45, 2.75) is 25.4 Å². The molecular weight excluding hydrogens is 312 g/mol. The second-order valence-corrected chi connectivity index (χ2v) is 6.59. The lowest BCUT2D eigenvalue weighted by molar-refractivity contribution is 0.219. The van der Waals surface area contributed by atoms with Gasteiger partial charge < -0.3 is 9.15 Å². The molecule has 4 rings (SSSR count). The van der Waals surface area contributed by atoms with Gasteiger partial charge in [0.2, 0.25) is 5.89 Å². The van der Waals surface area contributed by atoms with Gasteiger partial charge in [0.15, 0.2) is 5.76 Å². The average molecular weight is 334 g/mol. The third-order valence-electron chi connectivity index (χ3n) is 4.97. The summed E-state index contributed by atoms with van der Waals surface area (Å²) in [6, 6.07) is 17.0. The quantitative estimate of drug-likeness (QED) is 0.708. The Morgan fingerprint density at radius 2 is 1.76 bits per heavy atom. The highest BCUT2D eigenvalue weighted by Crippen LogP contribution is 2.27. The first-order chi connectivity index (χ1) is 12.2. The molecule has 4 nitrogen and oxygen atoms in total. The third-order valence-corrected chi connectivity index (χ3v) is 4.97. The highest BCUT2D eigenvalue weighted by molar-refractivity contribution is 5.57. The van der Waals surface area contributed by atoms with Gasteiger partial charge >= 0.3 is 0 Å². The molecule has 0 saturated heterocycles. The molecule has 0 bridgehead atoms. The molecular formula is C21H22N2O2. The van der Waals surface area contributed by atoms with Crippen LogP contribution < -0.4 is 4.74 Å². The van der Waals surface area contributed by atoms with Crippen molar-refractivity contribution in [2.24, 2.45) is 0 Å². The molecule has 2 aromatic carbocycles. The van der Waals surface area contributed by atoms with Crippen LogP contribution in [0.1, 0.15) is 17.0 Å². The zero-order valence-electron chi connectivity index (χ0n) is 14.6. The van der Waals surface area contributed by atoms with Crippen LogP contribution in [0.15, 0.2) is 59.1 Å². The van der Waals surface area contributed by atoms with Crippen molar-refractivity contribution in [3.8, 4) is 17.1 Å². The molecule has 0 radical (unpaired) electrons. The molecule has 0 fully saturated rings. The second kappa shape index (κ2) is 6.73. The summed E-state index contributed by atoms with van der Waals surface area (Å²) < 4.78 is 11.2. The van der Waals surface area contributed by atoms with Gasteiger partial charge in [-0.2, -0.15) is 0 Å². The van der Waals surface area contributed by atoms with Crippen LogP contribution in [0.5, 0.6) is 5.75 Å². The number of rotatable bonds is 5. The minimum absolute atomic E-state index is 0.508. The van der Waals surface area contributed by atoms with E-state index in [9.17, 15) is 0 Å². The van der Waals surface area contributed by atoms with E-state index in [-0.39, 0.29) is 0 Å². The first-order valence-corrected chi connectivity index (χ1v) is 8.59. The molecule has 0 spiro atoms. The number of likely N-dealkylation sites (N-methyl/N-ethyl adjacent to an activating group) is 1. The SMILES string of the molecule is COc1ccc(-c2cnc(CN(C)C3Cc4ccccc4C3)o2)cc1. The van der Waals surface area contributed by atoms with Crippen molar-refractivity contribution in [1.29, 1.82) is 0 Å². The molecule has 4 heteroatoms. The summed E-state index contributed by atoms with van der Waals surface area (Å²) in [4.78, 5) is 6.79. The highest BCUT2D eigenvalue weighted by Gasteiger charge is 2.25. The standard InChI is InChI=1S/C21H22N2O2/c1-23(18-11-16-5-3-4-6-17(16)12-18)14-21-22-13-20(25-21)15-7-9-19(24-2)10-8-15/h3-10,13,18H,11-12,14H2,1-2H3. The molecule has 1 aliphatic carbocycles. The van der Waals surface area contributed by atoms with E-state index in [1.165, 1.54) is 11.1 Å². The number of ether oxygens (including phenoxy) is 1. The van der Waals surface area contributed by atoms with Crippen LogP contribution in [0, 0.1) is 0 Å². The van der Waals surface area contributed by atoms with Gasteiger partial charge in [-0.15, -0.1) is 0 Å². The largest absolute Gasteiger partial charge is 0.497 e.